The largest absolute Gasteiger partial charge is 0.323 e. The summed E-state index contributed by atoms with van der Waals surface area (Å²) in [6, 6.07) is 0. The van der Waals surface area contributed by atoms with Crippen molar-refractivity contribution in [1.82, 2.24) is 19.3 Å². The maximum absolute atomic E-state index is 4.40. The van der Waals surface area contributed by atoms with Crippen LogP contribution in [0.5, 0.6) is 0 Å². The molecule has 5 heteroatoms. The van der Waals surface area contributed by atoms with Crippen molar-refractivity contribution in [3.63, 3.8) is 0 Å². The number of aromatic nitrogens is 4. The van der Waals surface area contributed by atoms with Gasteiger partial charge in [-0.3, -0.25) is 4.68 Å². The Morgan fingerprint density at radius 2 is 2.18 bits per heavy atom. The van der Waals surface area contributed by atoms with Crippen molar-refractivity contribution in [3.05, 3.63) is 24.3 Å². The van der Waals surface area contributed by atoms with Gasteiger partial charge in [-0.15, -0.1) is 0 Å². The molecule has 0 saturated heterocycles. The number of nitrogens with zero attached hydrogens (tertiary/aromatic N) is 4. The van der Waals surface area contributed by atoms with Crippen molar-refractivity contribution in [2.24, 2.45) is 7.05 Å². The fourth-order valence-electron chi connectivity index (χ4n) is 1.88. The summed E-state index contributed by atoms with van der Waals surface area (Å²) in [5.74, 6) is 0.884. The normalized spacial score (nSPS) is 10.8. The highest BCUT2D eigenvalue weighted by molar-refractivity contribution is 5.55. The molecule has 0 fully saturated rings. The molecule has 2 rings (SSSR count). The van der Waals surface area contributed by atoms with E-state index in [2.05, 4.69) is 33.8 Å². The van der Waals surface area contributed by atoms with E-state index >= 15 is 0 Å². The van der Waals surface area contributed by atoms with Crippen molar-refractivity contribution in [2.75, 3.05) is 5.32 Å². The highest BCUT2D eigenvalue weighted by Gasteiger charge is 2.08. The van der Waals surface area contributed by atoms with Gasteiger partial charge in [0.25, 0.3) is 0 Å². The third-order valence-electron chi connectivity index (χ3n) is 2.67. The predicted octanol–water partition coefficient (Wildman–Crippen LogP) is 2.33. The maximum atomic E-state index is 4.40. The SMILES string of the molecule is CCCn1ccnc1Nc1cn(C)nc1CC. The highest BCUT2D eigenvalue weighted by atomic mass is 15.3. The first kappa shape index (κ1) is 11.7. The minimum absolute atomic E-state index is 0.884. The van der Waals surface area contributed by atoms with Crippen molar-refractivity contribution < 1.29 is 0 Å². The molecule has 0 amide bonds. The summed E-state index contributed by atoms with van der Waals surface area (Å²) in [6.45, 7) is 5.24. The molecule has 1 N–H and O–H groups in total. The van der Waals surface area contributed by atoms with Gasteiger partial charge in [0, 0.05) is 32.2 Å². The molecule has 92 valence electrons. The Kier molecular flexibility index (Phi) is 3.46. The average molecular weight is 233 g/mol. The summed E-state index contributed by atoms with van der Waals surface area (Å²) >= 11 is 0. The second kappa shape index (κ2) is 5.03. The van der Waals surface area contributed by atoms with Gasteiger partial charge in [-0.1, -0.05) is 13.8 Å². The zero-order valence-electron chi connectivity index (χ0n) is 10.6. The molecule has 0 aliphatic carbocycles. The van der Waals surface area contributed by atoms with Crippen LogP contribution >= 0.6 is 0 Å². The van der Waals surface area contributed by atoms with Crippen LogP contribution < -0.4 is 5.32 Å². The lowest BCUT2D eigenvalue weighted by Crippen LogP contribution is -2.03. The quantitative estimate of drug-likeness (QED) is 0.862. The standard InChI is InChI=1S/C12H19N5/c1-4-7-17-8-6-13-12(17)14-11-9-16(3)15-10(11)5-2/h6,8-9H,4-5,7H2,1-3H3,(H,13,14). The Bertz CT molecular complexity index is 483. The Morgan fingerprint density at radius 1 is 1.35 bits per heavy atom. The summed E-state index contributed by atoms with van der Waals surface area (Å²) in [5.41, 5.74) is 2.11. The van der Waals surface area contributed by atoms with Crippen LogP contribution in [0.25, 0.3) is 0 Å². The lowest BCUT2D eigenvalue weighted by atomic mass is 10.3. The van der Waals surface area contributed by atoms with E-state index in [-0.39, 0.29) is 0 Å². The molecule has 0 unspecified atom stereocenters. The molecule has 0 atom stereocenters. The third-order valence-corrected chi connectivity index (χ3v) is 2.67. The van der Waals surface area contributed by atoms with Crippen molar-refractivity contribution in [3.8, 4) is 0 Å². The molecule has 0 aliphatic heterocycles. The van der Waals surface area contributed by atoms with Gasteiger partial charge in [0.15, 0.2) is 0 Å². The first-order valence-corrected chi connectivity index (χ1v) is 6.05. The summed E-state index contributed by atoms with van der Waals surface area (Å²) in [4.78, 5) is 4.33. The first-order chi connectivity index (χ1) is 8.24. The zero-order chi connectivity index (χ0) is 12.3. The Morgan fingerprint density at radius 3 is 2.88 bits per heavy atom. The molecule has 0 radical (unpaired) electrons. The van der Waals surface area contributed by atoms with Crippen molar-refractivity contribution in [1.29, 1.82) is 0 Å². The second-order valence-electron chi connectivity index (χ2n) is 4.09. The fraction of sp³-hybridized carbons (Fsp3) is 0.500. The summed E-state index contributed by atoms with van der Waals surface area (Å²) in [6.07, 6.45) is 7.81. The molecular weight excluding hydrogens is 214 g/mol. The van der Waals surface area contributed by atoms with Crippen LogP contribution in [0.1, 0.15) is 26.0 Å². The van der Waals surface area contributed by atoms with Gasteiger partial charge >= 0.3 is 0 Å². The Balaban J connectivity index is 2.21. The average Bonchev–Trinajstić information content (AvgIpc) is 2.87. The Labute approximate surface area is 101 Å². The Hall–Kier alpha value is -1.78. The molecule has 2 heterocycles. The smallest absolute Gasteiger partial charge is 0.207 e. The minimum atomic E-state index is 0.884. The van der Waals surface area contributed by atoms with Crippen molar-refractivity contribution >= 4 is 11.6 Å². The summed E-state index contributed by atoms with van der Waals surface area (Å²) in [7, 11) is 1.93. The van der Waals surface area contributed by atoms with Gasteiger partial charge in [-0.05, 0) is 12.8 Å². The summed E-state index contributed by atoms with van der Waals surface area (Å²) < 4.78 is 3.95. The molecule has 0 saturated carbocycles. The van der Waals surface area contributed by atoms with E-state index in [1.807, 2.05) is 30.3 Å². The van der Waals surface area contributed by atoms with Crippen LogP contribution in [-0.4, -0.2) is 19.3 Å². The number of hydrogen-bond acceptors (Lipinski definition) is 3. The summed E-state index contributed by atoms with van der Waals surface area (Å²) in [5, 5.41) is 7.75. The third kappa shape index (κ3) is 2.49. The van der Waals surface area contributed by atoms with Gasteiger partial charge in [0.2, 0.25) is 5.95 Å². The molecule has 0 bridgehead atoms. The molecule has 0 spiro atoms. The maximum Gasteiger partial charge on any atom is 0.207 e. The molecule has 2 aromatic heterocycles. The van der Waals surface area contributed by atoms with Crippen LogP contribution in [0.4, 0.5) is 11.6 Å². The van der Waals surface area contributed by atoms with E-state index in [0.717, 1.165) is 36.7 Å². The van der Waals surface area contributed by atoms with Crippen LogP contribution in [0.15, 0.2) is 18.6 Å². The molecule has 2 aromatic rings. The van der Waals surface area contributed by atoms with Gasteiger partial charge in [-0.2, -0.15) is 5.10 Å². The van der Waals surface area contributed by atoms with Crippen LogP contribution in [0.3, 0.4) is 0 Å². The lowest BCUT2D eigenvalue weighted by Gasteiger charge is -2.07. The van der Waals surface area contributed by atoms with E-state index in [1.54, 1.807) is 0 Å². The number of hydrogen-bond donors (Lipinski definition) is 1. The monoisotopic (exact) mass is 233 g/mol. The van der Waals surface area contributed by atoms with E-state index in [9.17, 15) is 0 Å². The van der Waals surface area contributed by atoms with Crippen LogP contribution in [0.2, 0.25) is 0 Å². The second-order valence-corrected chi connectivity index (χ2v) is 4.09. The van der Waals surface area contributed by atoms with E-state index in [4.69, 9.17) is 0 Å². The van der Waals surface area contributed by atoms with Crippen LogP contribution in [-0.2, 0) is 20.0 Å². The number of anilines is 2. The zero-order valence-corrected chi connectivity index (χ0v) is 10.6. The van der Waals surface area contributed by atoms with Gasteiger partial charge in [0.1, 0.15) is 0 Å². The minimum Gasteiger partial charge on any atom is -0.323 e. The fourth-order valence-corrected chi connectivity index (χ4v) is 1.88. The van der Waals surface area contributed by atoms with E-state index in [1.165, 1.54) is 0 Å². The molecule has 0 aromatic carbocycles. The van der Waals surface area contributed by atoms with Gasteiger partial charge in [0.05, 0.1) is 11.4 Å². The van der Waals surface area contributed by atoms with Crippen molar-refractivity contribution in [2.45, 2.75) is 33.2 Å². The number of imidazole rings is 1. The number of nitrogens with one attached hydrogen (secondary N) is 1. The first-order valence-electron chi connectivity index (χ1n) is 6.05. The topological polar surface area (TPSA) is 47.7 Å². The van der Waals surface area contributed by atoms with E-state index in [0.29, 0.717) is 0 Å². The molecule has 5 nitrogen and oxygen atoms in total. The lowest BCUT2D eigenvalue weighted by molar-refractivity contribution is 0.686. The molecule has 0 aliphatic rings. The predicted molar refractivity (Wildman–Crippen MR) is 68.4 cm³/mol. The molecular formula is C12H19N5. The van der Waals surface area contributed by atoms with Gasteiger partial charge < -0.3 is 9.88 Å². The van der Waals surface area contributed by atoms with E-state index < -0.39 is 0 Å². The highest BCUT2D eigenvalue weighted by Crippen LogP contribution is 2.19. The molecule has 17 heavy (non-hydrogen) atoms. The van der Waals surface area contributed by atoms with Gasteiger partial charge in [-0.25, -0.2) is 4.98 Å². The number of rotatable bonds is 5. The number of aryl methyl sites for hydroxylation is 3. The van der Waals surface area contributed by atoms with Crippen LogP contribution in [0, 0.1) is 0 Å².